The lowest BCUT2D eigenvalue weighted by Gasteiger charge is -2.29. The lowest BCUT2D eigenvalue weighted by Crippen LogP contribution is -2.46. The molecule has 2 N–H and O–H groups in total. The van der Waals surface area contributed by atoms with Crippen LogP contribution < -0.4 is 5.32 Å². The molecule has 0 aliphatic heterocycles. The van der Waals surface area contributed by atoms with Crippen molar-refractivity contribution in [1.82, 2.24) is 5.32 Å². The first-order chi connectivity index (χ1) is 12.8. The molecule has 27 heavy (non-hydrogen) atoms. The molecule has 2 aromatic rings. The molecule has 1 atom stereocenters. The minimum Gasteiger partial charge on any atom is -0.481 e. The molecule has 0 fully saturated rings. The van der Waals surface area contributed by atoms with E-state index >= 15 is 0 Å². The van der Waals surface area contributed by atoms with Crippen molar-refractivity contribution in [2.45, 2.75) is 30.6 Å². The summed E-state index contributed by atoms with van der Waals surface area (Å²) in [6, 6.07) is 14.6. The van der Waals surface area contributed by atoms with Gasteiger partial charge in [0.2, 0.25) is 0 Å². The fourth-order valence-corrected chi connectivity index (χ4v) is 4.04. The maximum Gasteiger partial charge on any atom is 0.315 e. The fourth-order valence-electron chi connectivity index (χ4n) is 2.95. The zero-order valence-corrected chi connectivity index (χ0v) is 16.1. The highest BCUT2D eigenvalue weighted by atomic mass is 32.2. The standard InChI is InChI=1S/C20H23NO5S/c1-3-20(19(23)24,15-10-6-5-7-11-15)14-21-18(22)16-12-8-9-13-17(16)27(25,26)4-2/h5-13H,3-4,14H2,1-2H3,(H,21,22)(H,23,24). The van der Waals surface area contributed by atoms with Gasteiger partial charge >= 0.3 is 5.97 Å². The van der Waals surface area contributed by atoms with Crippen molar-refractivity contribution in [2.75, 3.05) is 12.3 Å². The minimum absolute atomic E-state index is 0.0165. The van der Waals surface area contributed by atoms with E-state index in [4.69, 9.17) is 0 Å². The second-order valence-corrected chi connectivity index (χ2v) is 8.44. The lowest BCUT2D eigenvalue weighted by molar-refractivity contribution is -0.143. The number of carboxylic acid groups (broad SMARTS) is 1. The third-order valence-electron chi connectivity index (χ3n) is 4.74. The SMILES string of the molecule is CCC(CNC(=O)c1ccccc1S(=O)(=O)CC)(C(=O)O)c1ccccc1. The Balaban J connectivity index is 2.35. The van der Waals surface area contributed by atoms with Gasteiger partial charge in [0.1, 0.15) is 5.41 Å². The summed E-state index contributed by atoms with van der Waals surface area (Å²) in [5, 5.41) is 12.5. The second-order valence-electron chi connectivity index (χ2n) is 6.19. The van der Waals surface area contributed by atoms with Crippen LogP contribution in [0.15, 0.2) is 59.5 Å². The number of rotatable bonds is 8. The van der Waals surface area contributed by atoms with Gasteiger partial charge < -0.3 is 10.4 Å². The summed E-state index contributed by atoms with van der Waals surface area (Å²) in [6.07, 6.45) is 0.265. The van der Waals surface area contributed by atoms with Crippen molar-refractivity contribution in [3.05, 3.63) is 65.7 Å². The van der Waals surface area contributed by atoms with E-state index in [9.17, 15) is 23.1 Å². The Bertz CT molecular complexity index is 924. The Hall–Kier alpha value is -2.67. The largest absolute Gasteiger partial charge is 0.481 e. The zero-order chi connectivity index (χ0) is 20.1. The van der Waals surface area contributed by atoms with Crippen molar-refractivity contribution in [1.29, 1.82) is 0 Å². The smallest absolute Gasteiger partial charge is 0.315 e. The summed E-state index contributed by atoms with van der Waals surface area (Å²) in [4.78, 5) is 24.6. The number of carbonyl (C=O) groups excluding carboxylic acids is 1. The summed E-state index contributed by atoms with van der Waals surface area (Å²) >= 11 is 0. The number of aliphatic carboxylic acids is 1. The van der Waals surface area contributed by atoms with Gasteiger partial charge in [-0.15, -0.1) is 0 Å². The predicted molar refractivity (Wildman–Crippen MR) is 103 cm³/mol. The molecule has 7 heteroatoms. The van der Waals surface area contributed by atoms with Crippen molar-refractivity contribution in [3.8, 4) is 0 Å². The molecule has 6 nitrogen and oxygen atoms in total. The van der Waals surface area contributed by atoms with E-state index in [1.165, 1.54) is 19.1 Å². The zero-order valence-electron chi connectivity index (χ0n) is 15.3. The molecule has 2 aromatic carbocycles. The highest BCUT2D eigenvalue weighted by Gasteiger charge is 2.39. The van der Waals surface area contributed by atoms with E-state index in [0.717, 1.165) is 0 Å². The molecule has 1 amide bonds. The Kier molecular flexibility index (Phi) is 6.38. The maximum atomic E-state index is 12.7. The molecule has 0 aliphatic rings. The summed E-state index contributed by atoms with van der Waals surface area (Å²) in [5.41, 5.74) is -0.701. The molecular weight excluding hydrogens is 366 g/mol. The van der Waals surface area contributed by atoms with Crippen LogP contribution in [0.3, 0.4) is 0 Å². The summed E-state index contributed by atoms with van der Waals surface area (Å²) < 4.78 is 24.5. The van der Waals surface area contributed by atoms with Gasteiger partial charge in [-0.25, -0.2) is 8.42 Å². The van der Waals surface area contributed by atoms with Crippen LogP contribution in [0.1, 0.15) is 36.2 Å². The van der Waals surface area contributed by atoms with Crippen molar-refractivity contribution < 1.29 is 23.1 Å². The van der Waals surface area contributed by atoms with E-state index < -0.39 is 27.1 Å². The van der Waals surface area contributed by atoms with Gasteiger partial charge in [0.25, 0.3) is 5.91 Å². The summed E-state index contributed by atoms with van der Waals surface area (Å²) in [6.45, 7) is 3.09. The molecule has 0 bridgehead atoms. The molecule has 144 valence electrons. The quantitative estimate of drug-likeness (QED) is 0.723. The molecule has 0 heterocycles. The molecule has 1 unspecified atom stereocenters. The maximum absolute atomic E-state index is 12.7. The first kappa shape index (κ1) is 20.6. The third-order valence-corrected chi connectivity index (χ3v) is 6.52. The van der Waals surface area contributed by atoms with E-state index in [1.54, 1.807) is 49.4 Å². The fraction of sp³-hybridized carbons (Fsp3) is 0.300. The number of amides is 1. The molecule has 0 aliphatic carbocycles. The van der Waals surface area contributed by atoms with Gasteiger partial charge in [-0.05, 0) is 24.1 Å². The predicted octanol–water partition coefficient (Wildman–Crippen LogP) is 2.64. The number of hydrogen-bond acceptors (Lipinski definition) is 4. The summed E-state index contributed by atoms with van der Waals surface area (Å²) in [5.74, 6) is -1.79. The minimum atomic E-state index is -3.58. The van der Waals surface area contributed by atoms with Crippen LogP contribution in [0.25, 0.3) is 0 Å². The van der Waals surface area contributed by atoms with Crippen LogP contribution in [0.5, 0.6) is 0 Å². The Morgan fingerprint density at radius 1 is 1.00 bits per heavy atom. The number of sulfone groups is 1. The first-order valence-corrected chi connectivity index (χ1v) is 10.3. The van der Waals surface area contributed by atoms with E-state index in [2.05, 4.69) is 5.32 Å². The molecule has 0 saturated heterocycles. The average Bonchev–Trinajstić information content (AvgIpc) is 2.69. The number of carboxylic acids is 1. The van der Waals surface area contributed by atoms with Crippen molar-refractivity contribution in [2.24, 2.45) is 0 Å². The Morgan fingerprint density at radius 2 is 1.59 bits per heavy atom. The van der Waals surface area contributed by atoms with Gasteiger partial charge in [0, 0.05) is 6.54 Å². The monoisotopic (exact) mass is 389 g/mol. The van der Waals surface area contributed by atoms with Crippen molar-refractivity contribution >= 4 is 21.7 Å². The molecule has 2 rings (SSSR count). The topological polar surface area (TPSA) is 101 Å². The molecule has 0 radical (unpaired) electrons. The van der Waals surface area contributed by atoms with Crippen LogP contribution in [0.2, 0.25) is 0 Å². The molecular formula is C20H23NO5S. The van der Waals surface area contributed by atoms with Crippen LogP contribution >= 0.6 is 0 Å². The molecule has 0 aromatic heterocycles. The van der Waals surface area contributed by atoms with Crippen LogP contribution in [-0.2, 0) is 20.0 Å². The number of carbonyl (C=O) groups is 2. The van der Waals surface area contributed by atoms with Crippen molar-refractivity contribution in [3.63, 3.8) is 0 Å². The second kappa shape index (κ2) is 8.35. The first-order valence-electron chi connectivity index (χ1n) is 8.67. The van der Waals surface area contributed by atoms with Gasteiger partial charge in [-0.3, -0.25) is 9.59 Å². The molecule has 0 spiro atoms. The van der Waals surface area contributed by atoms with Gasteiger partial charge in [0.05, 0.1) is 16.2 Å². The lowest BCUT2D eigenvalue weighted by atomic mass is 9.78. The third kappa shape index (κ3) is 4.19. The highest BCUT2D eigenvalue weighted by molar-refractivity contribution is 7.91. The van der Waals surface area contributed by atoms with Gasteiger partial charge in [0.15, 0.2) is 9.84 Å². The van der Waals surface area contributed by atoms with E-state index in [-0.39, 0.29) is 29.2 Å². The van der Waals surface area contributed by atoms with Gasteiger partial charge in [-0.1, -0.05) is 56.3 Å². The summed E-state index contributed by atoms with van der Waals surface area (Å²) in [7, 11) is -3.58. The van der Waals surface area contributed by atoms with Crippen LogP contribution in [0, 0.1) is 0 Å². The average molecular weight is 389 g/mol. The highest BCUT2D eigenvalue weighted by Crippen LogP contribution is 2.28. The number of hydrogen-bond donors (Lipinski definition) is 2. The van der Waals surface area contributed by atoms with Crippen LogP contribution in [0.4, 0.5) is 0 Å². The van der Waals surface area contributed by atoms with E-state index in [0.29, 0.717) is 5.56 Å². The van der Waals surface area contributed by atoms with Gasteiger partial charge in [-0.2, -0.15) is 0 Å². The number of nitrogens with one attached hydrogen (secondary N) is 1. The Morgan fingerprint density at radius 3 is 2.15 bits per heavy atom. The molecule has 0 saturated carbocycles. The van der Waals surface area contributed by atoms with Crippen LogP contribution in [-0.4, -0.2) is 37.7 Å². The normalized spacial score (nSPS) is 13.6. The van der Waals surface area contributed by atoms with E-state index in [1.807, 2.05) is 0 Å². The number of benzene rings is 2. The Labute approximate surface area is 159 Å².